The molecule has 130 valence electrons. The summed E-state index contributed by atoms with van der Waals surface area (Å²) in [6.07, 6.45) is 4.41. The average Bonchev–Trinajstić information content (AvgIpc) is 2.51. The molecule has 2 N–H and O–H groups in total. The van der Waals surface area contributed by atoms with Crippen LogP contribution in [0.5, 0.6) is 5.75 Å². The molecule has 0 radical (unpaired) electrons. The predicted octanol–water partition coefficient (Wildman–Crippen LogP) is 3.23. The largest absolute Gasteiger partial charge is 0.487 e. The molecule has 0 aliphatic carbocycles. The fraction of sp³-hybridized carbons (Fsp3) is 0.0667. The lowest BCUT2D eigenvalue weighted by Crippen LogP contribution is -2.25. The molecule has 2 rings (SSSR count). The van der Waals surface area contributed by atoms with Crippen LogP contribution in [-0.2, 0) is 0 Å². The van der Waals surface area contributed by atoms with E-state index in [2.05, 4.69) is 43.4 Å². The summed E-state index contributed by atoms with van der Waals surface area (Å²) in [4.78, 5) is 37.1. The lowest BCUT2D eigenvalue weighted by Gasteiger charge is -2.09. The third kappa shape index (κ3) is 4.54. The van der Waals surface area contributed by atoms with E-state index in [1.165, 1.54) is 12.2 Å². The van der Waals surface area contributed by atoms with Crippen molar-refractivity contribution in [2.45, 2.75) is 0 Å². The lowest BCUT2D eigenvalue weighted by atomic mass is 10.2. The van der Waals surface area contributed by atoms with Crippen LogP contribution in [0.25, 0.3) is 12.2 Å². The van der Waals surface area contributed by atoms with Gasteiger partial charge >= 0.3 is 16.9 Å². The highest BCUT2D eigenvalue weighted by molar-refractivity contribution is 9.11. The molecule has 0 saturated heterocycles. The van der Waals surface area contributed by atoms with Crippen LogP contribution in [0.2, 0.25) is 0 Å². The first-order valence-corrected chi connectivity index (χ1v) is 8.34. The molecular formula is C15H11Br2N3O5. The standard InChI is InChI=1S/C15H11Br2N3O5/c1-2-5-25-13-9(16)6-8(7-10(13)17)3-4-11-12(20(23)24)14(21)19-15(22)18-11/h2-4,6-7H,1,5H2,(H2,18,19,21,22)/b4-3+. The zero-order valence-electron chi connectivity index (χ0n) is 12.5. The van der Waals surface area contributed by atoms with E-state index in [1.54, 1.807) is 18.2 Å². The summed E-state index contributed by atoms with van der Waals surface area (Å²) in [6.45, 7) is 3.90. The quantitative estimate of drug-likeness (QED) is 0.380. The van der Waals surface area contributed by atoms with Crippen molar-refractivity contribution >= 4 is 49.7 Å². The van der Waals surface area contributed by atoms with E-state index < -0.39 is 21.9 Å². The fourth-order valence-corrected chi connectivity index (χ4v) is 3.39. The second kappa shape index (κ2) is 8.08. The third-order valence-corrected chi connectivity index (χ3v) is 4.11. The smallest absolute Gasteiger partial charge is 0.357 e. The van der Waals surface area contributed by atoms with Crippen LogP contribution in [0.3, 0.4) is 0 Å². The number of nitrogens with zero attached hydrogens (tertiary/aromatic N) is 1. The van der Waals surface area contributed by atoms with Gasteiger partial charge in [0.2, 0.25) is 0 Å². The Morgan fingerprint density at radius 1 is 1.20 bits per heavy atom. The molecule has 0 unspecified atom stereocenters. The van der Waals surface area contributed by atoms with E-state index in [1.807, 2.05) is 4.98 Å². The van der Waals surface area contributed by atoms with Crippen LogP contribution < -0.4 is 16.0 Å². The van der Waals surface area contributed by atoms with Gasteiger partial charge in [0.05, 0.1) is 13.9 Å². The van der Waals surface area contributed by atoms with Gasteiger partial charge in [-0.05, 0) is 55.6 Å². The first-order chi connectivity index (χ1) is 11.8. The number of aromatic amines is 2. The minimum absolute atomic E-state index is 0.196. The molecule has 1 aromatic carbocycles. The molecule has 0 fully saturated rings. The zero-order chi connectivity index (χ0) is 18.6. The normalized spacial score (nSPS) is 10.8. The molecule has 8 nitrogen and oxygen atoms in total. The highest BCUT2D eigenvalue weighted by Crippen LogP contribution is 2.35. The maximum atomic E-state index is 11.6. The van der Waals surface area contributed by atoms with Crippen molar-refractivity contribution in [3.8, 4) is 5.75 Å². The molecular weight excluding hydrogens is 462 g/mol. The highest BCUT2D eigenvalue weighted by atomic mass is 79.9. The molecule has 0 amide bonds. The van der Waals surface area contributed by atoms with Crippen molar-refractivity contribution in [1.82, 2.24) is 9.97 Å². The van der Waals surface area contributed by atoms with Gasteiger partial charge in [0.25, 0.3) is 0 Å². The molecule has 0 aliphatic rings. The monoisotopic (exact) mass is 471 g/mol. The van der Waals surface area contributed by atoms with Crippen LogP contribution >= 0.6 is 31.9 Å². The molecule has 0 atom stereocenters. The molecule has 25 heavy (non-hydrogen) atoms. The molecule has 10 heteroatoms. The molecule has 0 bridgehead atoms. The second-order valence-corrected chi connectivity index (χ2v) is 6.38. The average molecular weight is 473 g/mol. The van der Waals surface area contributed by atoms with Crippen LogP contribution in [0.15, 0.2) is 43.3 Å². The first-order valence-electron chi connectivity index (χ1n) is 6.75. The Bertz CT molecular complexity index is 955. The first kappa shape index (κ1) is 18.9. The second-order valence-electron chi connectivity index (χ2n) is 4.67. The molecule has 1 aromatic heterocycles. The predicted molar refractivity (Wildman–Crippen MR) is 101 cm³/mol. The van der Waals surface area contributed by atoms with Crippen LogP contribution in [0.4, 0.5) is 5.69 Å². The van der Waals surface area contributed by atoms with E-state index in [9.17, 15) is 19.7 Å². The van der Waals surface area contributed by atoms with Gasteiger partial charge in [-0.1, -0.05) is 18.7 Å². The summed E-state index contributed by atoms with van der Waals surface area (Å²) in [5.41, 5.74) is -2.17. The summed E-state index contributed by atoms with van der Waals surface area (Å²) < 4.78 is 6.80. The van der Waals surface area contributed by atoms with E-state index >= 15 is 0 Å². The van der Waals surface area contributed by atoms with E-state index in [0.29, 0.717) is 26.9 Å². The van der Waals surface area contributed by atoms with Gasteiger partial charge in [-0.3, -0.25) is 19.9 Å². The number of rotatable bonds is 6. The summed E-state index contributed by atoms with van der Waals surface area (Å²) in [7, 11) is 0. The van der Waals surface area contributed by atoms with Gasteiger partial charge in [-0.25, -0.2) is 4.79 Å². The Balaban J connectivity index is 2.44. The van der Waals surface area contributed by atoms with Crippen molar-refractivity contribution in [2.24, 2.45) is 0 Å². The Morgan fingerprint density at radius 3 is 2.40 bits per heavy atom. The summed E-state index contributed by atoms with van der Waals surface area (Å²) in [6, 6.07) is 3.44. The Morgan fingerprint density at radius 2 is 1.84 bits per heavy atom. The SMILES string of the molecule is C=CCOc1c(Br)cc(/C=C/c2[nH]c(=O)[nH]c(=O)c2[N+](=O)[O-])cc1Br. The summed E-state index contributed by atoms with van der Waals surface area (Å²) in [5, 5.41) is 11.0. The van der Waals surface area contributed by atoms with E-state index in [-0.39, 0.29) is 5.69 Å². The Kier molecular flexibility index (Phi) is 6.10. The van der Waals surface area contributed by atoms with Crippen molar-refractivity contribution in [2.75, 3.05) is 6.61 Å². The van der Waals surface area contributed by atoms with Crippen molar-refractivity contribution in [1.29, 1.82) is 0 Å². The summed E-state index contributed by atoms with van der Waals surface area (Å²) >= 11 is 6.74. The number of hydrogen-bond donors (Lipinski definition) is 2. The highest BCUT2D eigenvalue weighted by Gasteiger charge is 2.18. The molecule has 2 aromatic rings. The van der Waals surface area contributed by atoms with E-state index in [4.69, 9.17) is 4.74 Å². The number of benzene rings is 1. The Labute approximate surface area is 157 Å². The molecule has 1 heterocycles. The number of H-pyrrole nitrogens is 2. The molecule has 0 aliphatic heterocycles. The van der Waals surface area contributed by atoms with Crippen molar-refractivity contribution in [3.05, 3.63) is 75.9 Å². The molecule has 0 spiro atoms. The van der Waals surface area contributed by atoms with Gasteiger partial charge in [0.1, 0.15) is 18.1 Å². The van der Waals surface area contributed by atoms with Gasteiger partial charge in [-0.2, -0.15) is 0 Å². The topological polar surface area (TPSA) is 118 Å². The number of aromatic nitrogens is 2. The number of nitrogens with one attached hydrogen (secondary N) is 2. The van der Waals surface area contributed by atoms with Crippen LogP contribution in [0, 0.1) is 10.1 Å². The van der Waals surface area contributed by atoms with Gasteiger partial charge < -0.3 is 9.72 Å². The maximum absolute atomic E-state index is 11.6. The fourth-order valence-electron chi connectivity index (χ4n) is 1.93. The van der Waals surface area contributed by atoms with E-state index in [0.717, 1.165) is 0 Å². The van der Waals surface area contributed by atoms with Gasteiger partial charge in [0, 0.05) is 0 Å². The lowest BCUT2D eigenvalue weighted by molar-refractivity contribution is -0.386. The summed E-state index contributed by atoms with van der Waals surface area (Å²) in [5.74, 6) is 0.576. The number of ether oxygens (including phenoxy) is 1. The van der Waals surface area contributed by atoms with Crippen LogP contribution in [0.1, 0.15) is 11.3 Å². The number of nitro groups is 1. The van der Waals surface area contributed by atoms with Crippen LogP contribution in [-0.4, -0.2) is 21.5 Å². The number of hydrogen-bond acceptors (Lipinski definition) is 5. The van der Waals surface area contributed by atoms with Gasteiger partial charge in [0.15, 0.2) is 0 Å². The third-order valence-electron chi connectivity index (χ3n) is 2.94. The Hall–Kier alpha value is -2.46. The van der Waals surface area contributed by atoms with Gasteiger partial charge in [-0.15, -0.1) is 0 Å². The van der Waals surface area contributed by atoms with Crippen molar-refractivity contribution < 1.29 is 9.66 Å². The number of halogens is 2. The maximum Gasteiger partial charge on any atom is 0.357 e. The molecule has 0 saturated carbocycles. The minimum atomic E-state index is -1.07. The zero-order valence-corrected chi connectivity index (χ0v) is 15.7. The minimum Gasteiger partial charge on any atom is -0.487 e. The van der Waals surface area contributed by atoms with Crippen molar-refractivity contribution in [3.63, 3.8) is 0 Å².